The number of sulfonamides is 1. The first kappa shape index (κ1) is 19.0. The van der Waals surface area contributed by atoms with Gasteiger partial charge in [0.1, 0.15) is 5.82 Å². The number of ketones is 1. The molecule has 1 aromatic heterocycles. The Balaban J connectivity index is 1.30. The van der Waals surface area contributed by atoms with Gasteiger partial charge in [-0.25, -0.2) is 13.4 Å². The summed E-state index contributed by atoms with van der Waals surface area (Å²) in [6, 6.07) is 12.4. The molecule has 1 saturated heterocycles. The van der Waals surface area contributed by atoms with Gasteiger partial charge < -0.3 is 4.90 Å². The number of carbonyl (C=O) groups is 1. The van der Waals surface area contributed by atoms with Crippen LogP contribution in [0, 0.1) is 0 Å². The monoisotopic (exact) mass is 400 g/mol. The molecule has 1 aromatic carbocycles. The minimum atomic E-state index is -3.59. The Morgan fingerprint density at radius 2 is 1.68 bits per heavy atom. The number of piperazine rings is 1. The van der Waals surface area contributed by atoms with Gasteiger partial charge in [0, 0.05) is 44.5 Å². The summed E-state index contributed by atoms with van der Waals surface area (Å²) < 4.78 is 26.9. The van der Waals surface area contributed by atoms with Crippen LogP contribution >= 0.6 is 0 Å². The highest BCUT2D eigenvalue weighted by Gasteiger charge is 2.35. The molecule has 2 aromatic rings. The molecular formula is C20H24N4O3S. The van der Waals surface area contributed by atoms with Gasteiger partial charge >= 0.3 is 0 Å². The van der Waals surface area contributed by atoms with Crippen molar-refractivity contribution < 1.29 is 13.2 Å². The van der Waals surface area contributed by atoms with Crippen LogP contribution in [0.5, 0.6) is 0 Å². The second-order valence-electron chi connectivity index (χ2n) is 7.13. The van der Waals surface area contributed by atoms with Crippen LogP contribution in [0.1, 0.15) is 16.8 Å². The number of pyridine rings is 1. The zero-order valence-electron chi connectivity index (χ0n) is 15.7. The number of carbonyl (C=O) groups excluding carboxylic acids is 1. The number of Topliss-reactive ketones (excluding diaryl/α,β-unsaturated/α-hetero) is 1. The molecule has 8 heteroatoms. The van der Waals surface area contributed by atoms with E-state index in [1.807, 2.05) is 18.2 Å². The smallest absolute Gasteiger partial charge is 0.244 e. The standard InChI is InChI=1S/C20H24N4O3S/c25-18-16-24(28(26,27)19-7-2-1-6-17(18)19)11-5-10-22-12-14-23(15-13-22)20-8-3-4-9-21-20/h1-4,6-9H,5,10-16H2. The Kier molecular flexibility index (Phi) is 5.43. The van der Waals surface area contributed by atoms with E-state index >= 15 is 0 Å². The van der Waals surface area contributed by atoms with Gasteiger partial charge in [-0.1, -0.05) is 18.2 Å². The van der Waals surface area contributed by atoms with Crippen molar-refractivity contribution in [2.75, 3.05) is 50.7 Å². The first-order valence-corrected chi connectivity index (χ1v) is 11.0. The summed E-state index contributed by atoms with van der Waals surface area (Å²) >= 11 is 0. The number of nitrogens with zero attached hydrogens (tertiary/aromatic N) is 4. The molecule has 0 unspecified atom stereocenters. The second-order valence-corrected chi connectivity index (χ2v) is 9.03. The molecule has 0 saturated carbocycles. The Morgan fingerprint density at radius 3 is 2.43 bits per heavy atom. The third kappa shape index (κ3) is 3.80. The highest BCUT2D eigenvalue weighted by atomic mass is 32.2. The van der Waals surface area contributed by atoms with E-state index in [-0.39, 0.29) is 17.2 Å². The van der Waals surface area contributed by atoms with Crippen LogP contribution < -0.4 is 4.90 Å². The first-order chi connectivity index (χ1) is 13.6. The third-order valence-electron chi connectivity index (χ3n) is 5.35. The highest BCUT2D eigenvalue weighted by molar-refractivity contribution is 7.89. The largest absolute Gasteiger partial charge is 0.354 e. The minimum absolute atomic E-state index is 0.0627. The van der Waals surface area contributed by atoms with Crippen molar-refractivity contribution >= 4 is 21.6 Å². The number of fused-ring (bicyclic) bond motifs is 1. The van der Waals surface area contributed by atoms with E-state index in [4.69, 9.17) is 0 Å². The third-order valence-corrected chi connectivity index (χ3v) is 7.26. The van der Waals surface area contributed by atoms with Gasteiger partial charge in [-0.15, -0.1) is 0 Å². The van der Waals surface area contributed by atoms with Gasteiger partial charge in [0.2, 0.25) is 10.0 Å². The van der Waals surface area contributed by atoms with Crippen LogP contribution in [0.3, 0.4) is 0 Å². The number of anilines is 1. The molecule has 0 aliphatic carbocycles. The number of benzene rings is 1. The fraction of sp³-hybridized carbons (Fsp3) is 0.400. The lowest BCUT2D eigenvalue weighted by Crippen LogP contribution is -2.47. The van der Waals surface area contributed by atoms with E-state index in [2.05, 4.69) is 14.8 Å². The average Bonchev–Trinajstić information content (AvgIpc) is 2.73. The predicted octanol–water partition coefficient (Wildman–Crippen LogP) is 1.48. The van der Waals surface area contributed by atoms with E-state index in [0.29, 0.717) is 18.5 Å². The van der Waals surface area contributed by atoms with Crippen molar-refractivity contribution in [3.63, 3.8) is 0 Å². The van der Waals surface area contributed by atoms with Crippen molar-refractivity contribution in [1.82, 2.24) is 14.2 Å². The number of hydrogen-bond acceptors (Lipinski definition) is 6. The molecule has 7 nitrogen and oxygen atoms in total. The van der Waals surface area contributed by atoms with Crippen molar-refractivity contribution in [2.45, 2.75) is 11.3 Å². The Hall–Kier alpha value is -2.29. The molecule has 2 aliphatic rings. The van der Waals surface area contributed by atoms with E-state index in [9.17, 15) is 13.2 Å². The van der Waals surface area contributed by atoms with Gasteiger partial charge in [0.15, 0.2) is 5.78 Å². The summed E-state index contributed by atoms with van der Waals surface area (Å²) in [6.45, 7) is 4.78. The zero-order chi connectivity index (χ0) is 19.6. The molecule has 148 valence electrons. The fourth-order valence-corrected chi connectivity index (χ4v) is 5.45. The maximum absolute atomic E-state index is 12.8. The molecular weight excluding hydrogens is 376 g/mol. The summed E-state index contributed by atoms with van der Waals surface area (Å²) in [7, 11) is -3.59. The zero-order valence-corrected chi connectivity index (χ0v) is 16.5. The van der Waals surface area contributed by atoms with Crippen molar-refractivity contribution in [3.8, 4) is 0 Å². The predicted molar refractivity (Wildman–Crippen MR) is 107 cm³/mol. The molecule has 0 N–H and O–H groups in total. The summed E-state index contributed by atoms with van der Waals surface area (Å²) in [4.78, 5) is 21.4. The van der Waals surface area contributed by atoms with E-state index in [0.717, 1.165) is 38.5 Å². The van der Waals surface area contributed by atoms with Gasteiger partial charge in [0.05, 0.1) is 11.4 Å². The van der Waals surface area contributed by atoms with Crippen LogP contribution in [0.4, 0.5) is 5.82 Å². The van der Waals surface area contributed by atoms with Crippen molar-refractivity contribution in [3.05, 3.63) is 54.2 Å². The van der Waals surface area contributed by atoms with Gasteiger partial charge in [-0.2, -0.15) is 4.31 Å². The maximum Gasteiger partial charge on any atom is 0.244 e. The average molecular weight is 401 g/mol. The normalized spacial score (nSPS) is 20.1. The molecule has 0 bridgehead atoms. The number of rotatable bonds is 5. The highest BCUT2D eigenvalue weighted by Crippen LogP contribution is 2.26. The molecule has 1 fully saturated rings. The lowest BCUT2D eigenvalue weighted by Gasteiger charge is -2.35. The second kappa shape index (κ2) is 7.98. The molecule has 3 heterocycles. The van der Waals surface area contributed by atoms with Crippen LogP contribution in [0.2, 0.25) is 0 Å². The summed E-state index contributed by atoms with van der Waals surface area (Å²) in [6.07, 6.45) is 2.51. The van der Waals surface area contributed by atoms with Gasteiger partial charge in [-0.3, -0.25) is 9.69 Å². The lowest BCUT2D eigenvalue weighted by atomic mass is 10.1. The quantitative estimate of drug-likeness (QED) is 0.757. The molecule has 0 atom stereocenters. The molecule has 0 amide bonds. The van der Waals surface area contributed by atoms with Crippen LogP contribution in [-0.2, 0) is 10.0 Å². The first-order valence-electron chi connectivity index (χ1n) is 9.56. The lowest BCUT2D eigenvalue weighted by molar-refractivity contribution is 0.0954. The SMILES string of the molecule is O=C1CN(CCCN2CCN(c3ccccn3)CC2)S(=O)(=O)c2ccccc21. The summed E-state index contributed by atoms with van der Waals surface area (Å²) in [5, 5.41) is 0. The van der Waals surface area contributed by atoms with E-state index in [1.165, 1.54) is 10.4 Å². The van der Waals surface area contributed by atoms with E-state index in [1.54, 1.807) is 24.4 Å². The molecule has 0 radical (unpaired) electrons. The Labute approximate surface area is 165 Å². The maximum atomic E-state index is 12.8. The van der Waals surface area contributed by atoms with Crippen LogP contribution in [-0.4, -0.2) is 74.2 Å². The van der Waals surface area contributed by atoms with Crippen LogP contribution in [0.25, 0.3) is 0 Å². The van der Waals surface area contributed by atoms with Crippen molar-refractivity contribution in [1.29, 1.82) is 0 Å². The molecule has 28 heavy (non-hydrogen) atoms. The van der Waals surface area contributed by atoms with Gasteiger partial charge in [0.25, 0.3) is 0 Å². The summed E-state index contributed by atoms with van der Waals surface area (Å²) in [5.41, 5.74) is 0.310. The van der Waals surface area contributed by atoms with Gasteiger partial charge in [-0.05, 0) is 37.2 Å². The van der Waals surface area contributed by atoms with E-state index < -0.39 is 10.0 Å². The Bertz CT molecular complexity index is 941. The van der Waals surface area contributed by atoms with Crippen LogP contribution in [0.15, 0.2) is 53.6 Å². The fourth-order valence-electron chi connectivity index (χ4n) is 3.80. The molecule has 2 aliphatic heterocycles. The Morgan fingerprint density at radius 1 is 0.929 bits per heavy atom. The minimum Gasteiger partial charge on any atom is -0.354 e. The van der Waals surface area contributed by atoms with Crippen molar-refractivity contribution in [2.24, 2.45) is 0 Å². The number of aromatic nitrogens is 1. The number of hydrogen-bond donors (Lipinski definition) is 0. The molecule has 4 rings (SSSR count). The molecule has 0 spiro atoms. The topological polar surface area (TPSA) is 73.8 Å². The summed E-state index contributed by atoms with van der Waals surface area (Å²) in [5.74, 6) is 0.869.